The average Bonchev–Trinajstić information content (AvgIpc) is 3.25. The molecule has 4 N–H and O–H groups in total. The van der Waals surface area contributed by atoms with Crippen molar-refractivity contribution < 1.29 is 19.5 Å². The quantitative estimate of drug-likeness (QED) is 0.508. The Labute approximate surface area is 189 Å². The summed E-state index contributed by atoms with van der Waals surface area (Å²) in [6.07, 6.45) is 7.08. The summed E-state index contributed by atoms with van der Waals surface area (Å²) >= 11 is 0. The van der Waals surface area contributed by atoms with E-state index in [0.29, 0.717) is 31.5 Å². The fourth-order valence-corrected chi connectivity index (χ4v) is 4.13. The van der Waals surface area contributed by atoms with Crippen molar-refractivity contribution in [3.05, 3.63) is 33.8 Å². The number of hydrogen-bond acceptors (Lipinski definition) is 6. The van der Waals surface area contributed by atoms with Crippen molar-refractivity contribution in [2.75, 3.05) is 6.54 Å². The van der Waals surface area contributed by atoms with Crippen molar-refractivity contribution in [3.63, 3.8) is 0 Å². The molecule has 0 unspecified atom stereocenters. The lowest BCUT2D eigenvalue weighted by Gasteiger charge is -2.20. The topological polar surface area (TPSA) is 152 Å². The fraction of sp³-hybridized carbons (Fsp3) is 0.500. The number of fused-ring (bicyclic) bond motifs is 1. The molecule has 3 amide bonds. The van der Waals surface area contributed by atoms with Crippen molar-refractivity contribution in [2.24, 2.45) is 11.7 Å². The van der Waals surface area contributed by atoms with Gasteiger partial charge in [-0.1, -0.05) is 13.8 Å². The highest BCUT2D eigenvalue weighted by atomic mass is 16.3. The monoisotopic (exact) mass is 456 g/mol. The minimum atomic E-state index is -0.736. The van der Waals surface area contributed by atoms with Gasteiger partial charge in [0.2, 0.25) is 17.7 Å². The average molecular weight is 457 g/mol. The van der Waals surface area contributed by atoms with Gasteiger partial charge >= 0.3 is 0 Å². The lowest BCUT2D eigenvalue weighted by atomic mass is 10.2. The van der Waals surface area contributed by atoms with E-state index in [1.165, 1.54) is 27.8 Å². The molecular weight excluding hydrogens is 428 g/mol. The van der Waals surface area contributed by atoms with Gasteiger partial charge in [0, 0.05) is 30.8 Å². The van der Waals surface area contributed by atoms with Gasteiger partial charge in [-0.25, -0.2) is 0 Å². The predicted octanol–water partition coefficient (Wildman–Crippen LogP) is 0.239. The molecule has 33 heavy (non-hydrogen) atoms. The van der Waals surface area contributed by atoms with E-state index in [0.717, 1.165) is 17.4 Å². The number of nitrogens with two attached hydrogens (primary N) is 1. The number of nitrogens with one attached hydrogen (secondary N) is 1. The van der Waals surface area contributed by atoms with Crippen LogP contribution < -0.4 is 16.6 Å². The zero-order chi connectivity index (χ0) is 23.9. The Morgan fingerprint density at radius 1 is 1.30 bits per heavy atom. The van der Waals surface area contributed by atoms with Crippen LogP contribution in [0, 0.1) is 5.92 Å². The van der Waals surface area contributed by atoms with Gasteiger partial charge in [0.05, 0.1) is 6.20 Å². The number of hydrogen-bond donors (Lipinski definition) is 3. The molecule has 11 heteroatoms. The number of likely N-dealkylation sites (tertiary alicyclic amines) is 1. The van der Waals surface area contributed by atoms with Gasteiger partial charge in [0.1, 0.15) is 11.7 Å². The van der Waals surface area contributed by atoms with Crippen molar-refractivity contribution in [1.82, 2.24) is 24.4 Å². The van der Waals surface area contributed by atoms with Crippen LogP contribution in [0.1, 0.15) is 55.5 Å². The molecule has 0 spiro atoms. The van der Waals surface area contributed by atoms with Gasteiger partial charge in [-0.3, -0.25) is 23.7 Å². The SMILES string of the molecule is CC(C)Cn1c(O)c(C(=O)NC2CC2)c(=O)n2ncc(/C=C/C(=O)N3CCC[C@H]3C(N)=O)c12. The summed E-state index contributed by atoms with van der Waals surface area (Å²) in [5, 5.41) is 17.8. The maximum absolute atomic E-state index is 13.0. The van der Waals surface area contributed by atoms with E-state index in [1.807, 2.05) is 13.8 Å². The second-order valence-corrected chi connectivity index (χ2v) is 9.02. The number of amides is 3. The van der Waals surface area contributed by atoms with E-state index in [1.54, 1.807) is 0 Å². The number of carbonyl (C=O) groups is 3. The molecule has 2 aromatic rings. The maximum atomic E-state index is 13.0. The van der Waals surface area contributed by atoms with Crippen LogP contribution in [0.4, 0.5) is 0 Å². The van der Waals surface area contributed by atoms with Gasteiger partial charge in [-0.2, -0.15) is 9.61 Å². The molecule has 1 aliphatic carbocycles. The van der Waals surface area contributed by atoms with Crippen LogP contribution in [0.5, 0.6) is 5.88 Å². The van der Waals surface area contributed by atoms with Crippen LogP contribution in [-0.2, 0) is 16.1 Å². The third-order valence-corrected chi connectivity index (χ3v) is 5.87. The van der Waals surface area contributed by atoms with Gasteiger partial charge in [0.15, 0.2) is 5.56 Å². The molecular formula is C22H28N6O5. The highest BCUT2D eigenvalue weighted by molar-refractivity contribution is 5.98. The Hall–Kier alpha value is -3.63. The molecule has 0 radical (unpaired) electrons. The minimum Gasteiger partial charge on any atom is -0.494 e. The molecule has 1 atom stereocenters. The van der Waals surface area contributed by atoms with Crippen molar-refractivity contribution in [2.45, 2.75) is 58.2 Å². The van der Waals surface area contributed by atoms with E-state index in [-0.39, 0.29) is 29.1 Å². The predicted molar refractivity (Wildman–Crippen MR) is 119 cm³/mol. The van der Waals surface area contributed by atoms with Gasteiger partial charge < -0.3 is 21.1 Å². The second kappa shape index (κ2) is 8.72. The Bertz CT molecular complexity index is 1210. The molecule has 2 aromatic heterocycles. The lowest BCUT2D eigenvalue weighted by Crippen LogP contribution is -2.43. The van der Waals surface area contributed by atoms with Gasteiger partial charge in [-0.15, -0.1) is 0 Å². The molecule has 1 saturated heterocycles. The molecule has 2 aliphatic rings. The molecule has 176 valence electrons. The minimum absolute atomic E-state index is 0.0162. The molecule has 2 fully saturated rings. The van der Waals surface area contributed by atoms with Crippen LogP contribution >= 0.6 is 0 Å². The lowest BCUT2D eigenvalue weighted by molar-refractivity contribution is -0.133. The summed E-state index contributed by atoms with van der Waals surface area (Å²) in [6, 6.07) is -0.621. The highest BCUT2D eigenvalue weighted by Crippen LogP contribution is 2.25. The van der Waals surface area contributed by atoms with E-state index >= 15 is 0 Å². The number of aromatic hydroxyl groups is 1. The Kier molecular flexibility index (Phi) is 5.96. The van der Waals surface area contributed by atoms with Crippen LogP contribution in [0.2, 0.25) is 0 Å². The maximum Gasteiger partial charge on any atom is 0.291 e. The standard InChI is InChI=1S/C22H28N6O5/c1-12(2)11-27-20-13(5-8-16(29)26-9-3-4-15(26)18(23)30)10-24-28(20)22(33)17(21(27)32)19(31)25-14-6-7-14/h5,8,10,12,14-15,32H,3-4,6-7,9,11H2,1-2H3,(H2,23,30)(H,25,31)/b8-5+/t15-/m0/s1. The summed E-state index contributed by atoms with van der Waals surface area (Å²) in [6.45, 7) is 4.62. The van der Waals surface area contributed by atoms with E-state index in [9.17, 15) is 24.3 Å². The molecule has 0 aromatic carbocycles. The van der Waals surface area contributed by atoms with Crippen LogP contribution in [-0.4, -0.2) is 60.5 Å². The van der Waals surface area contributed by atoms with Crippen LogP contribution in [0.25, 0.3) is 11.7 Å². The first-order valence-corrected chi connectivity index (χ1v) is 11.1. The van der Waals surface area contributed by atoms with E-state index < -0.39 is 29.3 Å². The summed E-state index contributed by atoms with van der Waals surface area (Å²) in [7, 11) is 0. The number of nitrogens with zero attached hydrogens (tertiary/aromatic N) is 4. The Balaban J connectivity index is 1.75. The zero-order valence-corrected chi connectivity index (χ0v) is 18.7. The van der Waals surface area contributed by atoms with Crippen molar-refractivity contribution in [1.29, 1.82) is 0 Å². The Morgan fingerprint density at radius 3 is 2.67 bits per heavy atom. The van der Waals surface area contributed by atoms with Crippen molar-refractivity contribution in [3.8, 4) is 5.88 Å². The van der Waals surface area contributed by atoms with Gasteiger partial charge in [0.25, 0.3) is 11.5 Å². The highest BCUT2D eigenvalue weighted by Gasteiger charge is 2.32. The van der Waals surface area contributed by atoms with E-state index in [4.69, 9.17) is 5.73 Å². The van der Waals surface area contributed by atoms with Crippen LogP contribution in [0.15, 0.2) is 17.1 Å². The second-order valence-electron chi connectivity index (χ2n) is 9.02. The van der Waals surface area contributed by atoms with E-state index in [2.05, 4.69) is 10.4 Å². The molecule has 11 nitrogen and oxygen atoms in total. The first-order chi connectivity index (χ1) is 15.7. The molecule has 1 saturated carbocycles. The summed E-state index contributed by atoms with van der Waals surface area (Å²) in [4.78, 5) is 51.4. The zero-order valence-electron chi connectivity index (χ0n) is 18.7. The van der Waals surface area contributed by atoms with Crippen LogP contribution in [0.3, 0.4) is 0 Å². The number of rotatable bonds is 7. The molecule has 4 rings (SSSR count). The summed E-state index contributed by atoms with van der Waals surface area (Å²) in [5.41, 5.74) is 4.99. The number of primary amides is 1. The molecule has 3 heterocycles. The van der Waals surface area contributed by atoms with Crippen molar-refractivity contribution >= 4 is 29.4 Å². The Morgan fingerprint density at radius 2 is 2.03 bits per heavy atom. The summed E-state index contributed by atoms with van der Waals surface area (Å²) < 4.78 is 2.53. The molecule has 1 aliphatic heterocycles. The largest absolute Gasteiger partial charge is 0.494 e. The third kappa shape index (κ3) is 4.35. The number of aromatic nitrogens is 3. The smallest absolute Gasteiger partial charge is 0.291 e. The first-order valence-electron chi connectivity index (χ1n) is 11.1. The normalized spacial score (nSPS) is 18.5. The number of carbonyl (C=O) groups excluding carboxylic acids is 3. The summed E-state index contributed by atoms with van der Waals surface area (Å²) in [5.74, 6) is -1.91. The van der Waals surface area contributed by atoms with Gasteiger partial charge in [-0.05, 0) is 37.7 Å². The first kappa shape index (κ1) is 22.6. The third-order valence-electron chi connectivity index (χ3n) is 5.87. The molecule has 0 bridgehead atoms. The fourth-order valence-electron chi connectivity index (χ4n) is 4.13.